The summed E-state index contributed by atoms with van der Waals surface area (Å²) in [6.45, 7) is 4.42. The van der Waals surface area contributed by atoms with Crippen molar-refractivity contribution in [2.24, 2.45) is 5.73 Å². The molecule has 2 heterocycles. The van der Waals surface area contributed by atoms with Crippen LogP contribution in [0.4, 0.5) is 0 Å². The molecule has 1 aliphatic heterocycles. The summed E-state index contributed by atoms with van der Waals surface area (Å²) in [5.74, 6) is 2.10. The van der Waals surface area contributed by atoms with E-state index in [-0.39, 0.29) is 0 Å². The van der Waals surface area contributed by atoms with E-state index < -0.39 is 0 Å². The van der Waals surface area contributed by atoms with Gasteiger partial charge < -0.3 is 10.6 Å². The van der Waals surface area contributed by atoms with E-state index in [1.54, 1.807) is 0 Å². The van der Waals surface area contributed by atoms with Gasteiger partial charge in [0.2, 0.25) is 0 Å². The molecule has 1 atom stereocenters. The smallest absolute Gasteiger partial charge is 0.132 e. The highest BCUT2D eigenvalue weighted by Gasteiger charge is 2.30. The topological polar surface area (TPSA) is 55.0 Å². The molecule has 0 bridgehead atoms. The predicted octanol–water partition coefficient (Wildman–Crippen LogP) is 1.80. The van der Waals surface area contributed by atoms with Crippen molar-refractivity contribution in [3.8, 4) is 0 Å². The van der Waals surface area contributed by atoms with Gasteiger partial charge in [0.1, 0.15) is 5.82 Å². The van der Waals surface area contributed by atoms with Crippen molar-refractivity contribution >= 4 is 0 Å². The second-order valence-electron chi connectivity index (χ2n) is 6.32. The third-order valence-corrected chi connectivity index (χ3v) is 4.47. The third kappa shape index (κ3) is 2.79. The van der Waals surface area contributed by atoms with Crippen LogP contribution in [0.2, 0.25) is 0 Å². The SMILES string of the molecule is Cc1cc(C2CCCN(C)C2)nc(C2CC(N)C2)n1. The Morgan fingerprint density at radius 2 is 2.05 bits per heavy atom. The van der Waals surface area contributed by atoms with Crippen LogP contribution in [0, 0.1) is 6.92 Å². The van der Waals surface area contributed by atoms with Gasteiger partial charge in [-0.05, 0) is 52.3 Å². The summed E-state index contributed by atoms with van der Waals surface area (Å²) in [6, 6.07) is 2.53. The highest BCUT2D eigenvalue weighted by molar-refractivity contribution is 5.18. The number of hydrogen-bond acceptors (Lipinski definition) is 4. The second-order valence-corrected chi connectivity index (χ2v) is 6.32. The standard InChI is InChI=1S/C15H24N4/c1-10-6-14(11-4-3-5-19(2)9-11)18-15(17-10)12-7-13(16)8-12/h6,11-13H,3-5,7-9,16H2,1-2H3. The van der Waals surface area contributed by atoms with Crippen LogP contribution < -0.4 is 5.73 Å². The van der Waals surface area contributed by atoms with E-state index in [4.69, 9.17) is 10.7 Å². The van der Waals surface area contributed by atoms with E-state index in [0.29, 0.717) is 17.9 Å². The van der Waals surface area contributed by atoms with Crippen LogP contribution in [-0.2, 0) is 0 Å². The lowest BCUT2D eigenvalue weighted by molar-refractivity contribution is 0.247. The third-order valence-electron chi connectivity index (χ3n) is 4.47. The van der Waals surface area contributed by atoms with Gasteiger partial charge in [-0.1, -0.05) is 0 Å². The molecule has 1 aromatic rings. The van der Waals surface area contributed by atoms with Crippen molar-refractivity contribution in [1.29, 1.82) is 0 Å². The Kier molecular flexibility index (Phi) is 3.54. The lowest BCUT2D eigenvalue weighted by atomic mass is 9.80. The van der Waals surface area contributed by atoms with Gasteiger partial charge in [-0.3, -0.25) is 0 Å². The Morgan fingerprint density at radius 1 is 1.26 bits per heavy atom. The molecule has 2 fully saturated rings. The highest BCUT2D eigenvalue weighted by atomic mass is 15.1. The van der Waals surface area contributed by atoms with Crippen molar-refractivity contribution in [3.63, 3.8) is 0 Å². The van der Waals surface area contributed by atoms with Crippen LogP contribution in [-0.4, -0.2) is 41.0 Å². The van der Waals surface area contributed by atoms with Crippen LogP contribution >= 0.6 is 0 Å². The molecule has 3 rings (SSSR count). The lowest BCUT2D eigenvalue weighted by Crippen LogP contribution is -2.36. The largest absolute Gasteiger partial charge is 0.328 e. The van der Waals surface area contributed by atoms with Crippen molar-refractivity contribution in [3.05, 3.63) is 23.3 Å². The van der Waals surface area contributed by atoms with E-state index in [0.717, 1.165) is 30.9 Å². The fourth-order valence-corrected chi connectivity index (χ4v) is 3.29. The molecule has 1 aliphatic carbocycles. The van der Waals surface area contributed by atoms with Gasteiger partial charge in [0.05, 0.1) is 0 Å². The van der Waals surface area contributed by atoms with E-state index in [1.807, 2.05) is 0 Å². The van der Waals surface area contributed by atoms with Crippen LogP contribution in [0.25, 0.3) is 0 Å². The lowest BCUT2D eigenvalue weighted by Gasteiger charge is -2.33. The molecular weight excluding hydrogens is 236 g/mol. The zero-order valence-corrected chi connectivity index (χ0v) is 12.0. The summed E-state index contributed by atoms with van der Waals surface area (Å²) >= 11 is 0. The molecule has 1 unspecified atom stereocenters. The first kappa shape index (κ1) is 13.0. The maximum absolute atomic E-state index is 5.88. The summed E-state index contributed by atoms with van der Waals surface area (Å²) in [4.78, 5) is 11.9. The van der Waals surface area contributed by atoms with Crippen LogP contribution in [0.3, 0.4) is 0 Å². The van der Waals surface area contributed by atoms with E-state index >= 15 is 0 Å². The molecule has 0 radical (unpaired) electrons. The number of hydrogen-bond donors (Lipinski definition) is 1. The maximum atomic E-state index is 5.88. The second kappa shape index (κ2) is 5.17. The Labute approximate surface area is 115 Å². The number of aromatic nitrogens is 2. The minimum Gasteiger partial charge on any atom is -0.328 e. The van der Waals surface area contributed by atoms with Crippen molar-refractivity contribution in [1.82, 2.24) is 14.9 Å². The normalized spacial score (nSPS) is 32.1. The van der Waals surface area contributed by atoms with Gasteiger partial charge in [0.15, 0.2) is 0 Å². The summed E-state index contributed by atoms with van der Waals surface area (Å²) in [5.41, 5.74) is 8.23. The van der Waals surface area contributed by atoms with Crippen LogP contribution in [0.15, 0.2) is 6.07 Å². The van der Waals surface area contributed by atoms with Gasteiger partial charge in [-0.2, -0.15) is 0 Å². The number of nitrogens with zero attached hydrogens (tertiary/aromatic N) is 3. The summed E-state index contributed by atoms with van der Waals surface area (Å²) in [6.07, 6.45) is 4.62. The minimum atomic E-state index is 0.360. The highest BCUT2D eigenvalue weighted by Crippen LogP contribution is 2.35. The fraction of sp³-hybridized carbons (Fsp3) is 0.733. The Morgan fingerprint density at radius 3 is 2.74 bits per heavy atom. The maximum Gasteiger partial charge on any atom is 0.132 e. The monoisotopic (exact) mass is 260 g/mol. The first-order valence-corrected chi connectivity index (χ1v) is 7.41. The molecule has 104 valence electrons. The van der Waals surface area contributed by atoms with Crippen molar-refractivity contribution < 1.29 is 0 Å². The number of likely N-dealkylation sites (N-methyl/N-ethyl adjacent to an activating group) is 1. The average molecular weight is 260 g/mol. The fourth-order valence-electron chi connectivity index (χ4n) is 3.29. The first-order valence-electron chi connectivity index (χ1n) is 7.41. The quantitative estimate of drug-likeness (QED) is 0.881. The first-order chi connectivity index (χ1) is 9.11. The molecule has 2 N–H and O–H groups in total. The Bertz CT molecular complexity index is 453. The Balaban J connectivity index is 1.81. The molecule has 2 aliphatic rings. The zero-order chi connectivity index (χ0) is 13.4. The summed E-state index contributed by atoms with van der Waals surface area (Å²) < 4.78 is 0. The van der Waals surface area contributed by atoms with E-state index in [2.05, 4.69) is 29.9 Å². The van der Waals surface area contributed by atoms with Crippen molar-refractivity contribution in [2.45, 2.75) is 50.5 Å². The molecule has 4 nitrogen and oxygen atoms in total. The summed E-state index contributed by atoms with van der Waals surface area (Å²) in [5, 5.41) is 0. The number of nitrogens with two attached hydrogens (primary N) is 1. The molecule has 0 spiro atoms. The molecular formula is C15H24N4. The van der Waals surface area contributed by atoms with Gasteiger partial charge in [-0.15, -0.1) is 0 Å². The van der Waals surface area contributed by atoms with Gasteiger partial charge >= 0.3 is 0 Å². The molecule has 1 saturated carbocycles. The van der Waals surface area contributed by atoms with Crippen molar-refractivity contribution in [2.75, 3.05) is 20.1 Å². The van der Waals surface area contributed by atoms with E-state index in [1.165, 1.54) is 25.1 Å². The van der Waals surface area contributed by atoms with Crippen LogP contribution in [0.5, 0.6) is 0 Å². The molecule has 1 aromatic heterocycles. The van der Waals surface area contributed by atoms with Gasteiger partial charge in [0, 0.05) is 35.8 Å². The summed E-state index contributed by atoms with van der Waals surface area (Å²) in [7, 11) is 2.20. The Hall–Kier alpha value is -1.00. The number of rotatable bonds is 2. The number of piperidine rings is 1. The number of aryl methyl sites for hydroxylation is 1. The van der Waals surface area contributed by atoms with Gasteiger partial charge in [0.25, 0.3) is 0 Å². The molecule has 19 heavy (non-hydrogen) atoms. The zero-order valence-electron chi connectivity index (χ0n) is 12.0. The minimum absolute atomic E-state index is 0.360. The molecule has 0 amide bonds. The molecule has 0 aromatic carbocycles. The van der Waals surface area contributed by atoms with Gasteiger partial charge in [-0.25, -0.2) is 9.97 Å². The predicted molar refractivity (Wildman–Crippen MR) is 76.2 cm³/mol. The average Bonchev–Trinajstić information content (AvgIpc) is 2.34. The van der Waals surface area contributed by atoms with Crippen LogP contribution in [0.1, 0.15) is 54.7 Å². The molecule has 4 heteroatoms. The molecule has 1 saturated heterocycles. The number of likely N-dealkylation sites (tertiary alicyclic amines) is 1. The van der Waals surface area contributed by atoms with E-state index in [9.17, 15) is 0 Å².